The zero-order valence-electron chi connectivity index (χ0n) is 8.97. The van der Waals surface area contributed by atoms with Crippen LogP contribution in [0, 0.1) is 6.92 Å². The molecule has 0 bridgehead atoms. The first kappa shape index (κ1) is 10.8. The Morgan fingerprint density at radius 2 is 2.38 bits per heavy atom. The molecule has 0 radical (unpaired) electrons. The van der Waals surface area contributed by atoms with Gasteiger partial charge in [0.2, 0.25) is 0 Å². The van der Waals surface area contributed by atoms with E-state index in [1.54, 1.807) is 12.5 Å². The van der Waals surface area contributed by atoms with E-state index in [0.29, 0.717) is 5.69 Å². The second kappa shape index (κ2) is 4.05. The van der Waals surface area contributed by atoms with Gasteiger partial charge in [-0.25, -0.2) is 9.97 Å². The summed E-state index contributed by atoms with van der Waals surface area (Å²) in [4.78, 5) is 19.9. The molecule has 5 nitrogen and oxygen atoms in total. The molecule has 16 heavy (non-hydrogen) atoms. The zero-order valence-corrected chi connectivity index (χ0v) is 9.78. The van der Waals surface area contributed by atoms with Gasteiger partial charge in [0, 0.05) is 11.9 Å². The van der Waals surface area contributed by atoms with Crippen molar-refractivity contribution >= 4 is 17.3 Å². The number of carbonyl (C=O) groups is 1. The van der Waals surface area contributed by atoms with Crippen molar-refractivity contribution in [2.45, 2.75) is 13.3 Å². The second-order valence-corrected chi connectivity index (χ2v) is 4.69. The van der Waals surface area contributed by atoms with Crippen LogP contribution in [-0.2, 0) is 18.3 Å². The van der Waals surface area contributed by atoms with Crippen LogP contribution in [-0.4, -0.2) is 25.6 Å². The van der Waals surface area contributed by atoms with E-state index in [1.165, 1.54) is 11.3 Å². The Morgan fingerprint density at radius 1 is 1.62 bits per heavy atom. The third-order valence-electron chi connectivity index (χ3n) is 2.25. The maximum absolute atomic E-state index is 10.6. The predicted molar refractivity (Wildman–Crippen MR) is 60.4 cm³/mol. The summed E-state index contributed by atoms with van der Waals surface area (Å²) >= 11 is 1.49. The maximum Gasteiger partial charge on any atom is 0.309 e. The Bertz CT molecular complexity index is 530. The summed E-state index contributed by atoms with van der Waals surface area (Å²) in [7, 11) is 1.88. The van der Waals surface area contributed by atoms with E-state index in [0.717, 1.165) is 15.6 Å². The van der Waals surface area contributed by atoms with Crippen LogP contribution in [0.15, 0.2) is 12.5 Å². The lowest BCUT2D eigenvalue weighted by Gasteiger charge is -1.95. The van der Waals surface area contributed by atoms with E-state index < -0.39 is 5.97 Å². The number of thiazole rings is 1. The fourth-order valence-corrected chi connectivity index (χ4v) is 2.39. The molecule has 2 rings (SSSR count). The van der Waals surface area contributed by atoms with Gasteiger partial charge in [0.05, 0.1) is 30.3 Å². The Hall–Kier alpha value is -1.69. The fraction of sp³-hybridized carbons (Fsp3) is 0.300. The van der Waals surface area contributed by atoms with Gasteiger partial charge in [-0.3, -0.25) is 4.79 Å². The highest BCUT2D eigenvalue weighted by atomic mass is 32.1. The summed E-state index contributed by atoms with van der Waals surface area (Å²) in [5, 5.41) is 9.55. The topological polar surface area (TPSA) is 68.0 Å². The first-order valence-electron chi connectivity index (χ1n) is 4.72. The number of imidazole rings is 1. The minimum Gasteiger partial charge on any atom is -0.481 e. The number of carboxylic acid groups (broad SMARTS) is 1. The van der Waals surface area contributed by atoms with E-state index in [9.17, 15) is 4.79 Å². The highest BCUT2D eigenvalue weighted by Gasteiger charge is 2.13. The first-order chi connectivity index (χ1) is 7.58. The summed E-state index contributed by atoms with van der Waals surface area (Å²) < 4.78 is 1.86. The van der Waals surface area contributed by atoms with E-state index in [2.05, 4.69) is 9.97 Å². The molecule has 0 aliphatic rings. The molecular weight excluding hydrogens is 226 g/mol. The summed E-state index contributed by atoms with van der Waals surface area (Å²) in [6.45, 7) is 1.88. The highest BCUT2D eigenvalue weighted by Crippen LogP contribution is 2.27. The molecule has 2 heterocycles. The summed E-state index contributed by atoms with van der Waals surface area (Å²) in [6, 6.07) is 0. The van der Waals surface area contributed by atoms with Crippen LogP contribution in [0.3, 0.4) is 0 Å². The van der Waals surface area contributed by atoms with Crippen LogP contribution < -0.4 is 0 Å². The predicted octanol–water partition coefficient (Wildman–Crippen LogP) is 1.48. The lowest BCUT2D eigenvalue weighted by molar-refractivity contribution is -0.136. The molecule has 2 aromatic heterocycles. The van der Waals surface area contributed by atoms with Gasteiger partial charge in [-0.2, -0.15) is 0 Å². The van der Waals surface area contributed by atoms with Crippen molar-refractivity contribution < 1.29 is 9.90 Å². The van der Waals surface area contributed by atoms with Crippen molar-refractivity contribution in [2.24, 2.45) is 7.05 Å². The smallest absolute Gasteiger partial charge is 0.309 e. The number of nitrogens with zero attached hydrogens (tertiary/aromatic N) is 3. The first-order valence-corrected chi connectivity index (χ1v) is 5.54. The molecule has 0 fully saturated rings. The molecule has 0 atom stereocenters. The molecule has 2 aromatic rings. The molecule has 0 saturated carbocycles. The quantitative estimate of drug-likeness (QED) is 0.878. The highest BCUT2D eigenvalue weighted by molar-refractivity contribution is 7.15. The second-order valence-electron chi connectivity index (χ2n) is 3.48. The average molecular weight is 237 g/mol. The molecule has 0 aliphatic heterocycles. The Morgan fingerprint density at radius 3 is 2.94 bits per heavy atom. The van der Waals surface area contributed by atoms with E-state index in [-0.39, 0.29) is 6.42 Å². The summed E-state index contributed by atoms with van der Waals surface area (Å²) in [6.07, 6.45) is 3.39. The van der Waals surface area contributed by atoms with Gasteiger partial charge in [-0.05, 0) is 6.92 Å². The van der Waals surface area contributed by atoms with E-state index in [4.69, 9.17) is 5.11 Å². The maximum atomic E-state index is 10.6. The molecule has 84 valence electrons. The van der Waals surface area contributed by atoms with Crippen molar-refractivity contribution in [3.63, 3.8) is 0 Å². The van der Waals surface area contributed by atoms with Crippen LogP contribution in [0.2, 0.25) is 0 Å². The molecule has 0 amide bonds. The molecule has 6 heteroatoms. The SMILES string of the molecule is Cc1sc(-c2cncn2C)nc1CC(=O)O. The van der Waals surface area contributed by atoms with E-state index in [1.807, 2.05) is 18.5 Å². The van der Waals surface area contributed by atoms with Crippen LogP contribution in [0.5, 0.6) is 0 Å². The van der Waals surface area contributed by atoms with Gasteiger partial charge in [-0.15, -0.1) is 11.3 Å². The molecule has 1 N–H and O–H groups in total. The van der Waals surface area contributed by atoms with E-state index >= 15 is 0 Å². The summed E-state index contributed by atoms with van der Waals surface area (Å²) in [5.41, 5.74) is 1.54. The molecular formula is C10H11N3O2S. The van der Waals surface area contributed by atoms with Gasteiger partial charge >= 0.3 is 5.97 Å². The van der Waals surface area contributed by atoms with Crippen molar-refractivity contribution in [3.8, 4) is 10.7 Å². The van der Waals surface area contributed by atoms with Crippen LogP contribution in [0.4, 0.5) is 0 Å². The Balaban J connectivity index is 2.38. The third-order valence-corrected chi connectivity index (χ3v) is 3.28. The van der Waals surface area contributed by atoms with Crippen LogP contribution >= 0.6 is 11.3 Å². The van der Waals surface area contributed by atoms with Gasteiger partial charge in [0.1, 0.15) is 5.01 Å². The van der Waals surface area contributed by atoms with Gasteiger partial charge < -0.3 is 9.67 Å². The summed E-state index contributed by atoms with van der Waals surface area (Å²) in [5.74, 6) is -0.857. The van der Waals surface area contributed by atoms with Crippen molar-refractivity contribution in [3.05, 3.63) is 23.1 Å². The largest absolute Gasteiger partial charge is 0.481 e. The number of aromatic nitrogens is 3. The fourth-order valence-electron chi connectivity index (χ4n) is 1.41. The standard InChI is InChI=1S/C10H11N3O2S/c1-6-7(3-9(14)15)12-10(16-6)8-4-11-5-13(8)2/h4-5H,3H2,1-2H3,(H,14,15). The normalized spacial score (nSPS) is 10.6. The van der Waals surface area contributed by atoms with Crippen LogP contribution in [0.25, 0.3) is 10.7 Å². The minimum atomic E-state index is -0.857. The molecule has 0 saturated heterocycles. The zero-order chi connectivity index (χ0) is 11.7. The Labute approximate surface area is 96.4 Å². The molecule has 0 aliphatic carbocycles. The van der Waals surface area contributed by atoms with Crippen LogP contribution in [0.1, 0.15) is 10.6 Å². The van der Waals surface area contributed by atoms with Crippen molar-refractivity contribution in [1.82, 2.24) is 14.5 Å². The third kappa shape index (κ3) is 1.96. The number of hydrogen-bond donors (Lipinski definition) is 1. The van der Waals surface area contributed by atoms with Gasteiger partial charge in [-0.1, -0.05) is 0 Å². The van der Waals surface area contributed by atoms with Gasteiger partial charge in [0.15, 0.2) is 0 Å². The van der Waals surface area contributed by atoms with Crippen molar-refractivity contribution in [2.75, 3.05) is 0 Å². The number of carboxylic acids is 1. The number of aliphatic carboxylic acids is 1. The number of rotatable bonds is 3. The lowest BCUT2D eigenvalue weighted by atomic mass is 10.3. The monoisotopic (exact) mass is 237 g/mol. The van der Waals surface area contributed by atoms with Crippen molar-refractivity contribution in [1.29, 1.82) is 0 Å². The van der Waals surface area contributed by atoms with Gasteiger partial charge in [0.25, 0.3) is 0 Å². The molecule has 0 unspecified atom stereocenters. The number of aryl methyl sites for hydroxylation is 2. The molecule has 0 aromatic carbocycles. The Kier molecular flexibility index (Phi) is 2.74. The average Bonchev–Trinajstić information content (AvgIpc) is 2.73. The minimum absolute atomic E-state index is 0.0276. The molecule has 0 spiro atoms. The lowest BCUT2D eigenvalue weighted by Crippen LogP contribution is -2.01. The number of hydrogen-bond acceptors (Lipinski definition) is 4.